The van der Waals surface area contributed by atoms with Gasteiger partial charge in [0, 0.05) is 17.8 Å². The van der Waals surface area contributed by atoms with E-state index in [9.17, 15) is 13.0 Å². The molecule has 4 nitrogen and oxygen atoms in total. The van der Waals surface area contributed by atoms with Crippen molar-refractivity contribution in [1.82, 2.24) is 0 Å². The van der Waals surface area contributed by atoms with Gasteiger partial charge >= 0.3 is 0 Å². The average Bonchev–Trinajstić information content (AvgIpc) is 2.46. The van der Waals surface area contributed by atoms with Crippen molar-refractivity contribution < 1.29 is 13.0 Å². The molecule has 1 aliphatic heterocycles. The van der Waals surface area contributed by atoms with Crippen LogP contribution in [0.1, 0.15) is 24.5 Å². The molecule has 0 fully saturated rings. The predicted molar refractivity (Wildman–Crippen MR) is 83.5 cm³/mol. The van der Waals surface area contributed by atoms with Crippen LogP contribution < -0.4 is 4.90 Å². The number of hydrogen-bond acceptors (Lipinski definition) is 3. The molecule has 0 amide bonds. The average molecular weight is 303 g/mol. The highest BCUT2D eigenvalue weighted by molar-refractivity contribution is 7.86. The number of hydrogen-bond donors (Lipinski definition) is 1. The van der Waals surface area contributed by atoms with Crippen molar-refractivity contribution in [3.05, 3.63) is 59.7 Å². The van der Waals surface area contributed by atoms with Gasteiger partial charge in [0.05, 0.1) is 0 Å². The fourth-order valence-electron chi connectivity index (χ4n) is 2.96. The molecule has 3 rings (SSSR count). The molecule has 1 atom stereocenters. The summed E-state index contributed by atoms with van der Waals surface area (Å²) in [5.74, 6) is 0. The first kappa shape index (κ1) is 14.1. The number of anilines is 2. The van der Waals surface area contributed by atoms with Gasteiger partial charge in [-0.1, -0.05) is 43.3 Å². The molecular formula is C16H17NO3S. The summed E-state index contributed by atoms with van der Waals surface area (Å²) in [6.45, 7) is 1.76. The molecule has 0 spiro atoms. The lowest BCUT2D eigenvalue weighted by Crippen LogP contribution is -2.39. The Morgan fingerprint density at radius 3 is 1.95 bits per heavy atom. The van der Waals surface area contributed by atoms with Gasteiger partial charge in [-0.3, -0.25) is 4.55 Å². The lowest BCUT2D eigenvalue weighted by molar-refractivity contribution is 0.464. The van der Waals surface area contributed by atoms with E-state index in [1.54, 1.807) is 11.8 Å². The quantitative estimate of drug-likeness (QED) is 0.883. The largest absolute Gasteiger partial charge is 0.321 e. The highest BCUT2D eigenvalue weighted by Crippen LogP contribution is 2.41. The highest BCUT2D eigenvalue weighted by Gasteiger charge is 2.34. The summed E-state index contributed by atoms with van der Waals surface area (Å²) in [7, 11) is -4.17. The third-order valence-corrected chi connectivity index (χ3v) is 5.10. The predicted octanol–water partition coefficient (Wildman–Crippen LogP) is 3.35. The lowest BCUT2D eigenvalue weighted by atomic mass is 9.95. The summed E-state index contributed by atoms with van der Waals surface area (Å²) in [4.78, 5) is 1.74. The summed E-state index contributed by atoms with van der Waals surface area (Å²) in [6.07, 6.45) is 1.08. The van der Waals surface area contributed by atoms with E-state index in [4.69, 9.17) is 0 Å². The fourth-order valence-corrected chi connectivity index (χ4v) is 3.88. The summed E-state index contributed by atoms with van der Waals surface area (Å²) in [5, 5.41) is -0.972. The zero-order chi connectivity index (χ0) is 15.0. The molecule has 1 N–H and O–H groups in total. The Labute approximate surface area is 124 Å². The third-order valence-electron chi connectivity index (χ3n) is 3.86. The van der Waals surface area contributed by atoms with Crippen LogP contribution in [-0.2, 0) is 16.5 Å². The Balaban J connectivity index is 2.24. The number of rotatable bonds is 3. The second kappa shape index (κ2) is 5.16. The summed E-state index contributed by atoms with van der Waals surface area (Å²) in [6, 6.07) is 15.5. The molecule has 1 unspecified atom stereocenters. The SMILES string of the molecule is CCC(N1c2ccccc2Cc2ccccc21)S(=O)(=O)O. The van der Waals surface area contributed by atoms with Crippen LogP contribution >= 0.6 is 0 Å². The molecule has 5 heteroatoms. The van der Waals surface area contributed by atoms with Crippen molar-refractivity contribution in [3.63, 3.8) is 0 Å². The molecule has 21 heavy (non-hydrogen) atoms. The van der Waals surface area contributed by atoms with Crippen LogP contribution in [0.25, 0.3) is 0 Å². The van der Waals surface area contributed by atoms with Gasteiger partial charge in [-0.15, -0.1) is 0 Å². The molecular weight excluding hydrogens is 286 g/mol. The topological polar surface area (TPSA) is 57.6 Å². The smallest absolute Gasteiger partial charge is 0.286 e. The molecule has 110 valence electrons. The van der Waals surface area contributed by atoms with Gasteiger partial charge < -0.3 is 4.90 Å². The van der Waals surface area contributed by atoms with Gasteiger partial charge in [0.25, 0.3) is 10.1 Å². The Kier molecular flexibility index (Phi) is 3.47. The van der Waals surface area contributed by atoms with Crippen molar-refractivity contribution in [3.8, 4) is 0 Å². The van der Waals surface area contributed by atoms with Crippen LogP contribution in [0.15, 0.2) is 48.5 Å². The summed E-state index contributed by atoms with van der Waals surface area (Å²) >= 11 is 0. The van der Waals surface area contributed by atoms with E-state index in [2.05, 4.69) is 0 Å². The van der Waals surface area contributed by atoms with Crippen molar-refractivity contribution in [1.29, 1.82) is 0 Å². The second-order valence-corrected chi connectivity index (χ2v) is 6.76. The van der Waals surface area contributed by atoms with E-state index in [1.807, 2.05) is 48.5 Å². The van der Waals surface area contributed by atoms with Crippen LogP contribution in [0.4, 0.5) is 11.4 Å². The van der Waals surface area contributed by atoms with E-state index < -0.39 is 15.5 Å². The Morgan fingerprint density at radius 1 is 1.05 bits per heavy atom. The van der Waals surface area contributed by atoms with Gasteiger partial charge in [0.15, 0.2) is 5.37 Å². The molecule has 0 aliphatic carbocycles. The molecule has 0 aromatic heterocycles. The van der Waals surface area contributed by atoms with Crippen LogP contribution in [0.2, 0.25) is 0 Å². The van der Waals surface area contributed by atoms with E-state index >= 15 is 0 Å². The maximum Gasteiger partial charge on any atom is 0.286 e. The van der Waals surface area contributed by atoms with Crippen LogP contribution in [-0.4, -0.2) is 18.3 Å². The number of nitrogens with zero attached hydrogens (tertiary/aromatic N) is 1. The number of para-hydroxylation sites is 2. The molecule has 2 aromatic rings. The second-order valence-electron chi connectivity index (χ2n) is 5.18. The molecule has 2 aromatic carbocycles. The zero-order valence-corrected chi connectivity index (χ0v) is 12.5. The van der Waals surface area contributed by atoms with Crippen molar-refractivity contribution >= 4 is 21.5 Å². The third kappa shape index (κ3) is 2.43. The van der Waals surface area contributed by atoms with Crippen LogP contribution in [0.5, 0.6) is 0 Å². The monoisotopic (exact) mass is 303 g/mol. The maximum absolute atomic E-state index is 11.8. The first-order valence-corrected chi connectivity index (χ1v) is 8.44. The normalized spacial score (nSPS) is 15.2. The van der Waals surface area contributed by atoms with E-state index in [-0.39, 0.29) is 0 Å². The lowest BCUT2D eigenvalue weighted by Gasteiger charge is -2.37. The maximum atomic E-state index is 11.8. The van der Waals surface area contributed by atoms with Gasteiger partial charge in [-0.05, 0) is 29.7 Å². The Bertz CT molecular complexity index is 725. The van der Waals surface area contributed by atoms with Crippen LogP contribution in [0.3, 0.4) is 0 Å². The molecule has 0 radical (unpaired) electrons. The summed E-state index contributed by atoms with van der Waals surface area (Å²) < 4.78 is 33.2. The van der Waals surface area contributed by atoms with Crippen molar-refractivity contribution in [2.24, 2.45) is 0 Å². The first-order valence-electron chi connectivity index (χ1n) is 6.93. The minimum absolute atomic E-state index is 0.307. The first-order chi connectivity index (χ1) is 10.0. The van der Waals surface area contributed by atoms with Crippen molar-refractivity contribution in [2.45, 2.75) is 25.1 Å². The zero-order valence-electron chi connectivity index (χ0n) is 11.7. The molecule has 1 heterocycles. The van der Waals surface area contributed by atoms with E-state index in [1.165, 1.54) is 0 Å². The molecule has 0 saturated heterocycles. The van der Waals surface area contributed by atoms with Crippen LogP contribution in [0, 0.1) is 0 Å². The molecule has 0 saturated carbocycles. The van der Waals surface area contributed by atoms with Gasteiger partial charge in [0.1, 0.15) is 0 Å². The van der Waals surface area contributed by atoms with Gasteiger partial charge in [0.2, 0.25) is 0 Å². The van der Waals surface area contributed by atoms with E-state index in [0.29, 0.717) is 6.42 Å². The molecule has 1 aliphatic rings. The molecule has 0 bridgehead atoms. The van der Waals surface area contributed by atoms with Gasteiger partial charge in [-0.25, -0.2) is 0 Å². The standard InChI is InChI=1S/C16H17NO3S/c1-2-16(21(18,19)20)17-14-9-5-3-7-12(14)11-13-8-4-6-10-15(13)17/h3-10,16H,2,11H2,1H3,(H,18,19,20). The van der Waals surface area contributed by atoms with E-state index in [0.717, 1.165) is 28.9 Å². The fraction of sp³-hybridized carbons (Fsp3) is 0.250. The highest BCUT2D eigenvalue weighted by atomic mass is 32.2. The summed E-state index contributed by atoms with van der Waals surface area (Å²) in [5.41, 5.74) is 3.83. The van der Waals surface area contributed by atoms with Gasteiger partial charge in [-0.2, -0.15) is 8.42 Å². The Morgan fingerprint density at radius 2 is 1.52 bits per heavy atom. The Hall–Kier alpha value is -1.85. The number of fused-ring (bicyclic) bond motifs is 2. The van der Waals surface area contributed by atoms with Crippen molar-refractivity contribution in [2.75, 3.05) is 4.90 Å². The number of benzene rings is 2. The minimum Gasteiger partial charge on any atom is -0.321 e. The minimum atomic E-state index is -4.17.